The number of alkyl carbamates (subject to hydrolysis) is 2. The lowest BCUT2D eigenvalue weighted by Gasteiger charge is -2.35. The molecule has 0 saturated carbocycles. The zero-order valence-corrected chi connectivity index (χ0v) is 62.7. The number of hydrogen-bond donors (Lipinski definition) is 8. The molecule has 0 saturated heterocycles. The molecule has 30 nitrogen and oxygen atoms in total. The van der Waals surface area contributed by atoms with Gasteiger partial charge in [0.15, 0.2) is 11.5 Å². The Bertz CT molecular complexity index is 3220. The van der Waals surface area contributed by atoms with Gasteiger partial charge in [-0.05, 0) is 135 Å². The summed E-state index contributed by atoms with van der Waals surface area (Å²) < 4.78 is 56.4. The predicted octanol–water partition coefficient (Wildman–Crippen LogP) is 5.67. The monoisotopic (exact) mass is 1460 g/mol. The molecule has 8 atom stereocenters. The van der Waals surface area contributed by atoms with Gasteiger partial charge in [-0.2, -0.15) is 0 Å². The number of esters is 1. The molecule has 1 heterocycles. The van der Waals surface area contributed by atoms with Crippen molar-refractivity contribution in [2.24, 2.45) is 11.8 Å². The maximum Gasteiger partial charge on any atom is 0.417 e. The highest BCUT2D eigenvalue weighted by Crippen LogP contribution is 2.31. The number of methoxy groups -OCH3 is 1. The first-order chi connectivity index (χ1) is 49.2. The fourth-order valence-electron chi connectivity index (χ4n) is 10.3. The average Bonchev–Trinajstić information content (AvgIpc) is 0.804. The van der Waals surface area contributed by atoms with Crippen LogP contribution in [0.3, 0.4) is 0 Å². The molecular formula is C74H111N9O21. The highest BCUT2D eigenvalue weighted by atomic mass is 16.6. The number of amides is 10. The second-order valence-corrected chi connectivity index (χ2v) is 27.9. The van der Waals surface area contributed by atoms with Crippen molar-refractivity contribution >= 4 is 65.6 Å². The first-order valence-electron chi connectivity index (χ1n) is 35.4. The van der Waals surface area contributed by atoms with Gasteiger partial charge in [0.25, 0.3) is 5.91 Å². The average molecular weight is 1460 g/mol. The Hall–Kier alpha value is -9.13. The van der Waals surface area contributed by atoms with E-state index in [1.54, 1.807) is 107 Å². The van der Waals surface area contributed by atoms with E-state index >= 15 is 24.0 Å². The molecule has 1 aliphatic heterocycles. The van der Waals surface area contributed by atoms with Gasteiger partial charge in [0.05, 0.1) is 60.0 Å². The second kappa shape index (κ2) is 45.2. The molecule has 3 aromatic rings. The van der Waals surface area contributed by atoms with E-state index in [1.165, 1.54) is 41.5 Å². The highest BCUT2D eigenvalue weighted by molar-refractivity contribution is 6.03. The summed E-state index contributed by atoms with van der Waals surface area (Å²) in [6, 6.07) is 10.8. The Morgan fingerprint density at radius 3 is 1.47 bits per heavy atom. The van der Waals surface area contributed by atoms with Crippen molar-refractivity contribution in [3.63, 3.8) is 0 Å². The van der Waals surface area contributed by atoms with Crippen molar-refractivity contribution in [2.45, 2.75) is 201 Å². The van der Waals surface area contributed by atoms with Gasteiger partial charge < -0.3 is 89.9 Å². The maximum absolute atomic E-state index is 15.9. The number of nitrogens with one attached hydrogen (secondary N) is 8. The molecule has 0 fully saturated rings. The lowest BCUT2D eigenvalue weighted by Crippen LogP contribution is -2.62. The summed E-state index contributed by atoms with van der Waals surface area (Å²) in [6.07, 6.45) is -3.29. The number of benzene rings is 3. The van der Waals surface area contributed by atoms with Crippen LogP contribution < -0.4 is 52.0 Å². The minimum atomic E-state index is -1.89. The van der Waals surface area contributed by atoms with Crippen LogP contribution in [-0.4, -0.2) is 210 Å². The normalized spacial score (nSPS) is 15.7. The third kappa shape index (κ3) is 34.0. The largest absolute Gasteiger partial charge is 0.487 e. The van der Waals surface area contributed by atoms with Gasteiger partial charge in [-0.3, -0.25) is 33.6 Å². The van der Waals surface area contributed by atoms with Crippen molar-refractivity contribution < 1.29 is 100 Å². The lowest BCUT2D eigenvalue weighted by atomic mass is 9.98. The molecule has 10 amide bonds. The summed E-state index contributed by atoms with van der Waals surface area (Å²) >= 11 is 0. The number of unbranched alkanes of at least 4 members (excludes halogenated alkanes) is 1. The molecule has 0 aliphatic carbocycles. The van der Waals surface area contributed by atoms with E-state index in [-0.39, 0.29) is 109 Å². The number of ether oxygens (including phenoxy) is 10. The summed E-state index contributed by atoms with van der Waals surface area (Å²) in [5.41, 5.74) is -0.568. The quantitative estimate of drug-likeness (QED) is 0.0219. The maximum atomic E-state index is 15.9. The van der Waals surface area contributed by atoms with E-state index in [4.69, 9.17) is 47.4 Å². The van der Waals surface area contributed by atoms with E-state index in [1.807, 2.05) is 19.9 Å². The van der Waals surface area contributed by atoms with E-state index in [0.29, 0.717) is 42.5 Å². The first kappa shape index (κ1) is 87.3. The van der Waals surface area contributed by atoms with Gasteiger partial charge in [-0.15, -0.1) is 0 Å². The van der Waals surface area contributed by atoms with Crippen molar-refractivity contribution in [2.75, 3.05) is 79.7 Å². The second-order valence-electron chi connectivity index (χ2n) is 27.9. The molecule has 0 radical (unpaired) electrons. The molecule has 0 aromatic heterocycles. The van der Waals surface area contributed by atoms with Crippen LogP contribution in [0.5, 0.6) is 11.5 Å². The van der Waals surface area contributed by atoms with Crippen LogP contribution in [0, 0.1) is 11.8 Å². The molecule has 578 valence electrons. The van der Waals surface area contributed by atoms with Crippen LogP contribution in [0.2, 0.25) is 0 Å². The third-order valence-electron chi connectivity index (χ3n) is 15.4. The standard InChI is InChI=1S/C74H111N9O21/c1-47(2)41-56(82-71(93)103-73(8,9)10)65(87)76-50(6)63(85)80-57(43-52-23-17-15-18-24-52)66(88)79-55(27-21-22-30-75-70(92)102-46-53-25-19-16-20-26-53)64(86)81-58(42-48(3)4)68(90)83(72(94)104-74(11,12)13)59(67(89)77-49(5)62(84)78-51(7)69(91)95-14)44-54-28-29-60-61(45-54)101-40-38-99-36-34-97-32-31-96-33-35-98-37-39-100-60/h15-20,23-26,28-29,45,47-51,55-59H,21-22,27,30-44,46H2,1-14H3,(H,75,92)(H,76,87)(H,77,89)(H,78,84)(H,79,88)(H,80,85)(H,81,86)(H,82,93)/t49-,50-,51-,55-,56-,57-,58-,59-/m0/s1. The summed E-state index contributed by atoms with van der Waals surface area (Å²) in [5.74, 6) is -7.25. The Kier molecular flexibility index (Phi) is 37.9. The fraction of sp³-hybridized carbons (Fsp3) is 0.608. The van der Waals surface area contributed by atoms with E-state index < -0.39 is 137 Å². The number of rotatable bonds is 31. The Balaban J connectivity index is 1.82. The fourth-order valence-corrected chi connectivity index (χ4v) is 10.3. The van der Waals surface area contributed by atoms with E-state index in [0.717, 1.165) is 12.7 Å². The Morgan fingerprint density at radius 1 is 0.452 bits per heavy atom. The van der Waals surface area contributed by atoms with Gasteiger partial charge in [0.2, 0.25) is 35.4 Å². The number of imide groups is 1. The number of nitrogens with zero attached hydrogens (tertiary/aromatic N) is 1. The zero-order valence-electron chi connectivity index (χ0n) is 62.7. The predicted molar refractivity (Wildman–Crippen MR) is 383 cm³/mol. The molecule has 0 spiro atoms. The Labute approximate surface area is 610 Å². The van der Waals surface area contributed by atoms with Crippen molar-refractivity contribution in [1.82, 2.24) is 47.4 Å². The third-order valence-corrected chi connectivity index (χ3v) is 15.4. The van der Waals surface area contributed by atoms with Crippen LogP contribution in [0.4, 0.5) is 14.4 Å². The van der Waals surface area contributed by atoms with Gasteiger partial charge >= 0.3 is 24.2 Å². The van der Waals surface area contributed by atoms with Crippen LogP contribution >= 0.6 is 0 Å². The molecule has 0 unspecified atom stereocenters. The minimum Gasteiger partial charge on any atom is -0.487 e. The van der Waals surface area contributed by atoms with Crippen LogP contribution in [0.25, 0.3) is 0 Å². The number of fused-ring (bicyclic) bond motifs is 1. The molecule has 30 heteroatoms. The smallest absolute Gasteiger partial charge is 0.417 e. The molecule has 3 aromatic carbocycles. The topological polar surface area (TPSA) is 380 Å². The van der Waals surface area contributed by atoms with Gasteiger partial charge in [-0.1, -0.05) is 94.4 Å². The van der Waals surface area contributed by atoms with Gasteiger partial charge in [0.1, 0.15) is 79.4 Å². The van der Waals surface area contributed by atoms with Crippen molar-refractivity contribution in [3.8, 4) is 11.5 Å². The van der Waals surface area contributed by atoms with Crippen molar-refractivity contribution in [3.05, 3.63) is 95.6 Å². The van der Waals surface area contributed by atoms with E-state index in [2.05, 4.69) is 42.5 Å². The molecule has 8 N–H and O–H groups in total. The molecule has 0 bridgehead atoms. The lowest BCUT2D eigenvalue weighted by molar-refractivity contribution is -0.145. The molecule has 1 aliphatic rings. The number of carbonyl (C=O) groups excluding carboxylic acids is 11. The Morgan fingerprint density at radius 2 is 0.923 bits per heavy atom. The van der Waals surface area contributed by atoms with Crippen molar-refractivity contribution in [1.29, 1.82) is 0 Å². The summed E-state index contributed by atoms with van der Waals surface area (Å²) in [4.78, 5) is 157. The zero-order chi connectivity index (χ0) is 76.9. The summed E-state index contributed by atoms with van der Waals surface area (Å²) in [6.45, 7) is 23.2. The minimum absolute atomic E-state index is 0.00273. The van der Waals surface area contributed by atoms with E-state index in [9.17, 15) is 28.8 Å². The highest BCUT2D eigenvalue weighted by Gasteiger charge is 2.43. The molecule has 104 heavy (non-hydrogen) atoms. The van der Waals surface area contributed by atoms with Gasteiger partial charge in [-0.25, -0.2) is 24.1 Å². The van der Waals surface area contributed by atoms with Crippen LogP contribution in [0.1, 0.15) is 139 Å². The van der Waals surface area contributed by atoms with Gasteiger partial charge in [0, 0.05) is 19.4 Å². The molecule has 4 rings (SSSR count). The number of hydrogen-bond acceptors (Lipinski definition) is 21. The first-order valence-corrected chi connectivity index (χ1v) is 35.4. The summed E-state index contributed by atoms with van der Waals surface area (Å²) in [7, 11) is 1.13. The summed E-state index contributed by atoms with van der Waals surface area (Å²) in [5, 5.41) is 21.3. The molecular weight excluding hydrogens is 1350 g/mol. The SMILES string of the molecule is COC(=O)[C@H](C)NC(=O)[C@H](C)NC(=O)[C@H](Cc1ccc2c(c1)OCCOCCOCCOCCOCCO2)N(C(=O)OC(C)(C)C)C(=O)[C@H](CC(C)C)NC(=O)[C@H](CCCCNC(=O)OCc1ccccc1)NC(=O)[C@H](Cc1ccccc1)NC(=O)[C@H](C)NC(=O)[C@H](CC(C)C)NC(=O)OC(C)(C)C. The number of carbonyl (C=O) groups is 11. The van der Waals surface area contributed by atoms with Crippen LogP contribution in [0.15, 0.2) is 78.9 Å². The van der Waals surface area contributed by atoms with Crippen LogP contribution in [-0.2, 0) is 95.7 Å².